The predicted octanol–water partition coefficient (Wildman–Crippen LogP) is 2.05. The lowest BCUT2D eigenvalue weighted by Gasteiger charge is -2.18. The van der Waals surface area contributed by atoms with Gasteiger partial charge in [0.25, 0.3) is 0 Å². The zero-order valence-corrected chi connectivity index (χ0v) is 10.2. The molecular weight excluding hydrogens is 196 g/mol. The molecule has 0 rings (SSSR count). The molecule has 0 aromatic carbocycles. The third-order valence-electron chi connectivity index (χ3n) is 1.65. The van der Waals surface area contributed by atoms with Crippen LogP contribution in [0.25, 0.3) is 0 Å². The minimum atomic E-state index is -1.78. The second kappa shape index (κ2) is 6.56. The second-order valence-electron chi connectivity index (χ2n) is 3.46. The van der Waals surface area contributed by atoms with E-state index in [9.17, 15) is 4.79 Å². The Kier molecular flexibility index (Phi) is 6.15. The van der Waals surface area contributed by atoms with E-state index in [-0.39, 0.29) is 5.97 Å². The largest absolute Gasteiger partial charge is 0.463 e. The summed E-state index contributed by atoms with van der Waals surface area (Å²) in [5.41, 5.74) is 0. The van der Waals surface area contributed by atoms with Crippen LogP contribution in [0.2, 0.25) is 13.1 Å². The minimum Gasteiger partial charge on any atom is -0.463 e. The maximum Gasteiger partial charge on any atom is 0.330 e. The fraction of sp³-hybridized carbons (Fsp3) is 0.500. The highest BCUT2D eigenvalue weighted by atomic mass is 28.4. The van der Waals surface area contributed by atoms with Gasteiger partial charge >= 0.3 is 5.97 Å². The molecule has 0 aliphatic carbocycles. The summed E-state index contributed by atoms with van der Waals surface area (Å²) < 4.78 is 10.3. The van der Waals surface area contributed by atoms with Crippen molar-refractivity contribution in [3.63, 3.8) is 0 Å². The molecule has 80 valence electrons. The molecule has 14 heavy (non-hydrogen) atoms. The number of rotatable bonds is 5. The van der Waals surface area contributed by atoms with Crippen LogP contribution in [0.3, 0.4) is 0 Å². The van der Waals surface area contributed by atoms with E-state index < -0.39 is 8.32 Å². The smallest absolute Gasteiger partial charge is 0.330 e. The van der Waals surface area contributed by atoms with Crippen LogP contribution in [0.15, 0.2) is 24.3 Å². The molecule has 0 aromatic rings. The number of ether oxygens (including phenoxy) is 1. The first-order valence-corrected chi connectivity index (χ1v) is 7.64. The summed E-state index contributed by atoms with van der Waals surface area (Å²) in [6, 6.07) is 0. The van der Waals surface area contributed by atoms with Crippen LogP contribution in [-0.4, -0.2) is 27.6 Å². The second-order valence-corrected chi connectivity index (χ2v) is 7.67. The van der Waals surface area contributed by atoms with Crippen LogP contribution < -0.4 is 0 Å². The summed E-state index contributed by atoms with van der Waals surface area (Å²) in [5, 5.41) is 0. The van der Waals surface area contributed by atoms with Crippen LogP contribution in [0.4, 0.5) is 0 Å². The first-order chi connectivity index (χ1) is 6.52. The average Bonchev–Trinajstić information content (AvgIpc) is 2.16. The van der Waals surface area contributed by atoms with Crippen molar-refractivity contribution in [2.75, 3.05) is 13.3 Å². The number of carbonyl (C=O) groups is 1. The molecule has 4 heteroatoms. The van der Waals surface area contributed by atoms with Gasteiger partial charge < -0.3 is 9.16 Å². The lowest BCUT2D eigenvalue weighted by molar-refractivity contribution is -0.136. The van der Waals surface area contributed by atoms with Gasteiger partial charge in [-0.1, -0.05) is 18.2 Å². The van der Waals surface area contributed by atoms with Crippen molar-refractivity contribution in [3.8, 4) is 0 Å². The lowest BCUT2D eigenvalue weighted by atomic mass is 10.4. The maximum atomic E-state index is 11.1. The molecule has 0 radical (unpaired) electrons. The summed E-state index contributed by atoms with van der Waals surface area (Å²) in [4.78, 5) is 11.1. The van der Waals surface area contributed by atoms with Gasteiger partial charge in [-0.15, -0.1) is 0 Å². The summed E-state index contributed by atoms with van der Waals surface area (Å²) in [6.45, 7) is 5.88. The van der Waals surface area contributed by atoms with Gasteiger partial charge in [-0.3, -0.25) is 0 Å². The molecule has 0 atom stereocenters. The van der Waals surface area contributed by atoms with E-state index in [2.05, 4.69) is 0 Å². The maximum absolute atomic E-state index is 11.1. The molecule has 0 spiro atoms. The van der Waals surface area contributed by atoms with E-state index >= 15 is 0 Å². The van der Waals surface area contributed by atoms with E-state index in [1.54, 1.807) is 19.3 Å². The van der Waals surface area contributed by atoms with E-state index in [0.29, 0.717) is 6.23 Å². The van der Waals surface area contributed by atoms with Crippen LogP contribution >= 0.6 is 0 Å². The molecule has 0 aliphatic rings. The van der Waals surface area contributed by atoms with Crippen LogP contribution in [0, 0.1) is 0 Å². The van der Waals surface area contributed by atoms with Crippen molar-refractivity contribution in [1.82, 2.24) is 0 Å². The van der Waals surface area contributed by atoms with Gasteiger partial charge in [0.05, 0.1) is 0 Å². The molecule has 0 aliphatic heterocycles. The van der Waals surface area contributed by atoms with Gasteiger partial charge in [0.2, 0.25) is 8.32 Å². The molecule has 0 unspecified atom stereocenters. The number of carbonyl (C=O) groups excluding carboxylic acids is 1. The standard InChI is InChI=1S/C10H18O3Si/c1-5-6-7-8-10(11)13-9-14(3,4)12-2/h5-8H,9H2,1-4H3/b6-5+,8-7+. The Morgan fingerprint density at radius 3 is 2.50 bits per heavy atom. The third-order valence-corrected chi connectivity index (χ3v) is 3.60. The number of hydrogen-bond acceptors (Lipinski definition) is 3. The van der Waals surface area contributed by atoms with Gasteiger partial charge in [-0.05, 0) is 20.0 Å². The molecule has 0 bridgehead atoms. The van der Waals surface area contributed by atoms with E-state index in [1.807, 2.05) is 26.1 Å². The average molecular weight is 214 g/mol. The van der Waals surface area contributed by atoms with Crippen LogP contribution in [0.5, 0.6) is 0 Å². The zero-order valence-electron chi connectivity index (χ0n) is 9.24. The normalized spacial score (nSPS) is 12.6. The van der Waals surface area contributed by atoms with Crippen molar-refractivity contribution >= 4 is 14.3 Å². The van der Waals surface area contributed by atoms with Gasteiger partial charge in [0.15, 0.2) is 0 Å². The van der Waals surface area contributed by atoms with Crippen molar-refractivity contribution in [2.45, 2.75) is 20.0 Å². The first-order valence-electron chi connectivity index (χ1n) is 4.53. The third kappa shape index (κ3) is 6.62. The summed E-state index contributed by atoms with van der Waals surface area (Å²) >= 11 is 0. The molecule has 0 fully saturated rings. The predicted molar refractivity (Wildman–Crippen MR) is 59.4 cm³/mol. The Hall–Kier alpha value is -0.873. The number of hydrogen-bond donors (Lipinski definition) is 0. The van der Waals surface area contributed by atoms with Gasteiger partial charge in [0, 0.05) is 13.2 Å². The molecule has 0 aromatic heterocycles. The first kappa shape index (κ1) is 13.1. The Balaban J connectivity index is 3.85. The summed E-state index contributed by atoms with van der Waals surface area (Å²) in [5.74, 6) is -0.319. The monoisotopic (exact) mass is 214 g/mol. The topological polar surface area (TPSA) is 35.5 Å². The van der Waals surface area contributed by atoms with Crippen LogP contribution in [0.1, 0.15) is 6.92 Å². The van der Waals surface area contributed by atoms with Crippen molar-refractivity contribution in [2.24, 2.45) is 0 Å². The fourth-order valence-electron chi connectivity index (χ4n) is 0.597. The zero-order chi connectivity index (χ0) is 11.0. The highest BCUT2D eigenvalue weighted by molar-refractivity contribution is 6.71. The summed E-state index contributed by atoms with van der Waals surface area (Å²) in [6.07, 6.45) is 7.07. The molecule has 3 nitrogen and oxygen atoms in total. The van der Waals surface area contributed by atoms with Gasteiger partial charge in [0.1, 0.15) is 6.23 Å². The number of allylic oxidation sites excluding steroid dienone is 3. The van der Waals surface area contributed by atoms with Gasteiger partial charge in [-0.2, -0.15) is 0 Å². The van der Waals surface area contributed by atoms with Crippen molar-refractivity contribution in [3.05, 3.63) is 24.3 Å². The Bertz CT molecular complexity index is 232. The Morgan fingerprint density at radius 2 is 2.00 bits per heavy atom. The molecule has 0 saturated carbocycles. The number of esters is 1. The summed E-state index contributed by atoms with van der Waals surface area (Å²) in [7, 11) is -0.134. The van der Waals surface area contributed by atoms with E-state index in [4.69, 9.17) is 9.16 Å². The molecule has 0 amide bonds. The Labute approximate surface area is 86.5 Å². The minimum absolute atomic E-state index is 0.319. The SMILES string of the molecule is C/C=C/C=C/C(=O)OC[Si](C)(C)OC. The van der Waals surface area contributed by atoms with Crippen molar-refractivity contribution in [1.29, 1.82) is 0 Å². The lowest BCUT2D eigenvalue weighted by Crippen LogP contribution is -2.36. The fourth-order valence-corrected chi connectivity index (χ4v) is 1.20. The van der Waals surface area contributed by atoms with E-state index in [0.717, 1.165) is 0 Å². The highest BCUT2D eigenvalue weighted by Gasteiger charge is 2.22. The van der Waals surface area contributed by atoms with Crippen molar-refractivity contribution < 1.29 is 14.0 Å². The van der Waals surface area contributed by atoms with E-state index in [1.165, 1.54) is 6.08 Å². The molecule has 0 saturated heterocycles. The highest BCUT2D eigenvalue weighted by Crippen LogP contribution is 2.02. The quantitative estimate of drug-likeness (QED) is 0.304. The molecule has 0 heterocycles. The van der Waals surface area contributed by atoms with Crippen LogP contribution in [-0.2, 0) is 14.0 Å². The molecular formula is C10H18O3Si. The molecule has 0 N–H and O–H groups in total. The van der Waals surface area contributed by atoms with Gasteiger partial charge in [-0.25, -0.2) is 4.79 Å². The Morgan fingerprint density at radius 1 is 1.36 bits per heavy atom.